The molecule has 0 saturated carbocycles. The topological polar surface area (TPSA) is 96.3 Å². The van der Waals surface area contributed by atoms with Gasteiger partial charge in [-0.2, -0.15) is 4.31 Å². The number of nitrogens with one attached hydrogen (secondary N) is 1. The lowest BCUT2D eigenvalue weighted by atomic mass is 10.2. The molecule has 0 spiro atoms. The summed E-state index contributed by atoms with van der Waals surface area (Å²) in [6, 6.07) is 1.12. The van der Waals surface area contributed by atoms with E-state index in [1.54, 1.807) is 13.8 Å². The number of halogens is 1. The highest BCUT2D eigenvalue weighted by Gasteiger charge is 2.24. The highest BCUT2D eigenvalue weighted by Crippen LogP contribution is 2.20. The first-order valence-corrected chi connectivity index (χ1v) is 7.81. The summed E-state index contributed by atoms with van der Waals surface area (Å²) in [5.74, 6) is 0.564. The number of hydrogen-bond donors (Lipinski definition) is 1. The Morgan fingerprint density at radius 3 is 2.62 bits per heavy atom. The van der Waals surface area contributed by atoms with Crippen LogP contribution in [0.1, 0.15) is 17.0 Å². The van der Waals surface area contributed by atoms with Gasteiger partial charge in [-0.25, -0.2) is 8.42 Å². The van der Waals surface area contributed by atoms with Crippen LogP contribution in [0.25, 0.3) is 0 Å². The Kier molecular flexibility index (Phi) is 4.22. The summed E-state index contributed by atoms with van der Waals surface area (Å²) in [6.07, 6.45) is 1.12. The highest BCUT2D eigenvalue weighted by molar-refractivity contribution is 7.89. The molecule has 1 N–H and O–H groups in total. The number of rotatable bonds is 4. The molecule has 7 nitrogen and oxygen atoms in total. The van der Waals surface area contributed by atoms with Gasteiger partial charge in [0.1, 0.15) is 10.8 Å². The Morgan fingerprint density at radius 2 is 2.10 bits per heavy atom. The van der Waals surface area contributed by atoms with Crippen LogP contribution >= 0.6 is 11.6 Å². The average molecular weight is 332 g/mol. The molecule has 0 aliphatic heterocycles. The van der Waals surface area contributed by atoms with Gasteiger partial charge in [-0.1, -0.05) is 16.8 Å². The van der Waals surface area contributed by atoms with Crippen molar-refractivity contribution < 1.29 is 12.9 Å². The van der Waals surface area contributed by atoms with Crippen LogP contribution in [0.3, 0.4) is 0 Å². The average Bonchev–Trinajstić information content (AvgIpc) is 2.73. The smallest absolute Gasteiger partial charge is 0.266 e. The fourth-order valence-electron chi connectivity index (χ4n) is 1.80. The fraction of sp³-hybridized carbons (Fsp3) is 0.333. The summed E-state index contributed by atoms with van der Waals surface area (Å²) in [5, 5.41) is 3.61. The van der Waals surface area contributed by atoms with Crippen LogP contribution in [-0.2, 0) is 16.6 Å². The van der Waals surface area contributed by atoms with Crippen molar-refractivity contribution in [2.24, 2.45) is 0 Å². The minimum atomic E-state index is -3.78. The maximum absolute atomic E-state index is 12.4. The van der Waals surface area contributed by atoms with Crippen molar-refractivity contribution in [1.82, 2.24) is 14.4 Å². The first kappa shape index (κ1) is 15.7. The third-order valence-corrected chi connectivity index (χ3v) is 5.16. The molecule has 114 valence electrons. The Hall–Kier alpha value is -1.64. The van der Waals surface area contributed by atoms with Crippen LogP contribution in [0.2, 0.25) is 5.02 Å². The third-order valence-electron chi connectivity index (χ3n) is 3.10. The highest BCUT2D eigenvalue weighted by atomic mass is 35.5. The molecular weight excluding hydrogens is 318 g/mol. The first-order chi connectivity index (χ1) is 9.73. The van der Waals surface area contributed by atoms with E-state index in [0.29, 0.717) is 17.0 Å². The summed E-state index contributed by atoms with van der Waals surface area (Å²) in [4.78, 5) is 13.4. The summed E-state index contributed by atoms with van der Waals surface area (Å²) in [6.45, 7) is 3.57. The molecule has 0 saturated heterocycles. The molecule has 0 aliphatic carbocycles. The van der Waals surface area contributed by atoms with Crippen LogP contribution in [-0.4, -0.2) is 29.9 Å². The molecule has 0 aromatic carbocycles. The minimum absolute atomic E-state index is 0.0821. The van der Waals surface area contributed by atoms with Crippen LogP contribution in [0, 0.1) is 13.8 Å². The van der Waals surface area contributed by atoms with Gasteiger partial charge in [0.15, 0.2) is 0 Å². The van der Waals surface area contributed by atoms with Crippen molar-refractivity contribution in [3.05, 3.63) is 44.7 Å². The first-order valence-electron chi connectivity index (χ1n) is 6.00. The molecule has 2 aromatic rings. The van der Waals surface area contributed by atoms with Gasteiger partial charge < -0.3 is 9.51 Å². The van der Waals surface area contributed by atoms with E-state index in [9.17, 15) is 13.2 Å². The fourth-order valence-corrected chi connectivity index (χ4v) is 3.17. The lowest BCUT2D eigenvalue weighted by molar-refractivity contribution is 0.390. The lowest BCUT2D eigenvalue weighted by Crippen LogP contribution is -2.27. The van der Waals surface area contributed by atoms with E-state index in [2.05, 4.69) is 10.1 Å². The number of sulfonamides is 1. The van der Waals surface area contributed by atoms with Gasteiger partial charge in [-0.15, -0.1) is 0 Å². The molecule has 9 heteroatoms. The van der Waals surface area contributed by atoms with Crippen molar-refractivity contribution in [2.45, 2.75) is 25.3 Å². The summed E-state index contributed by atoms with van der Waals surface area (Å²) in [5.41, 5.74) is 0.801. The lowest BCUT2D eigenvalue weighted by Gasteiger charge is -2.17. The number of nitrogens with zero attached hydrogens (tertiary/aromatic N) is 2. The second-order valence-electron chi connectivity index (χ2n) is 4.58. The zero-order valence-corrected chi connectivity index (χ0v) is 13.2. The normalized spacial score (nSPS) is 12.0. The van der Waals surface area contributed by atoms with Crippen LogP contribution in [0.5, 0.6) is 0 Å². The van der Waals surface area contributed by atoms with E-state index in [-0.39, 0.29) is 16.5 Å². The van der Waals surface area contributed by atoms with Gasteiger partial charge in [0, 0.05) is 25.4 Å². The molecule has 2 aromatic heterocycles. The minimum Gasteiger partial charge on any atom is -0.361 e. The van der Waals surface area contributed by atoms with E-state index in [4.69, 9.17) is 16.1 Å². The quantitative estimate of drug-likeness (QED) is 0.914. The van der Waals surface area contributed by atoms with E-state index < -0.39 is 15.6 Å². The second-order valence-corrected chi connectivity index (χ2v) is 7.03. The Labute approximate surface area is 126 Å². The number of H-pyrrole nitrogens is 1. The van der Waals surface area contributed by atoms with Gasteiger partial charge in [0.2, 0.25) is 10.0 Å². The van der Waals surface area contributed by atoms with Crippen molar-refractivity contribution in [2.75, 3.05) is 7.05 Å². The van der Waals surface area contributed by atoms with Crippen LogP contribution in [0.4, 0.5) is 0 Å². The van der Waals surface area contributed by atoms with Crippen molar-refractivity contribution >= 4 is 21.6 Å². The molecule has 0 aliphatic rings. The van der Waals surface area contributed by atoms with E-state index in [0.717, 1.165) is 16.6 Å². The largest absolute Gasteiger partial charge is 0.361 e. The van der Waals surface area contributed by atoms with Crippen LogP contribution in [0.15, 0.2) is 26.5 Å². The number of aromatic nitrogens is 2. The standard InChI is InChI=1S/C12H14ClN3O4S/c1-7-10(8(2)20-15-7)6-16(3)21(18,19)9-4-11(13)12(17)14-5-9/h4-5H,6H2,1-3H3,(H,14,17). The van der Waals surface area contributed by atoms with Gasteiger partial charge in [0.25, 0.3) is 5.56 Å². The Morgan fingerprint density at radius 1 is 1.43 bits per heavy atom. The third kappa shape index (κ3) is 3.02. The molecule has 2 rings (SSSR count). The maximum Gasteiger partial charge on any atom is 0.266 e. The van der Waals surface area contributed by atoms with Crippen molar-refractivity contribution in [1.29, 1.82) is 0 Å². The van der Waals surface area contributed by atoms with E-state index in [1.807, 2.05) is 0 Å². The van der Waals surface area contributed by atoms with Crippen molar-refractivity contribution in [3.8, 4) is 0 Å². The number of aromatic amines is 1. The molecule has 0 atom stereocenters. The SMILES string of the molecule is Cc1noc(C)c1CN(C)S(=O)(=O)c1c[nH]c(=O)c(Cl)c1. The van der Waals surface area contributed by atoms with Crippen molar-refractivity contribution in [3.63, 3.8) is 0 Å². The van der Waals surface area contributed by atoms with Gasteiger partial charge in [-0.05, 0) is 19.9 Å². The monoisotopic (exact) mass is 331 g/mol. The molecular formula is C12H14ClN3O4S. The molecule has 0 fully saturated rings. The Bertz CT molecular complexity index is 806. The zero-order chi connectivity index (χ0) is 15.8. The molecule has 0 amide bonds. The van der Waals surface area contributed by atoms with Gasteiger partial charge in [-0.3, -0.25) is 4.79 Å². The number of hydrogen-bond acceptors (Lipinski definition) is 5. The molecule has 0 bridgehead atoms. The van der Waals surface area contributed by atoms with Gasteiger partial charge in [0.05, 0.1) is 10.6 Å². The number of aryl methyl sites for hydroxylation is 2. The molecule has 2 heterocycles. The summed E-state index contributed by atoms with van der Waals surface area (Å²) < 4.78 is 31.0. The van der Waals surface area contributed by atoms with Crippen LogP contribution < -0.4 is 5.56 Å². The number of pyridine rings is 1. The summed E-state index contributed by atoms with van der Waals surface area (Å²) in [7, 11) is -2.35. The predicted octanol–water partition coefficient (Wildman–Crippen LogP) is 1.45. The molecule has 0 unspecified atom stereocenters. The zero-order valence-electron chi connectivity index (χ0n) is 11.7. The second kappa shape index (κ2) is 5.63. The van der Waals surface area contributed by atoms with Gasteiger partial charge >= 0.3 is 0 Å². The maximum atomic E-state index is 12.4. The van der Waals surface area contributed by atoms with E-state index in [1.165, 1.54) is 7.05 Å². The predicted molar refractivity (Wildman–Crippen MR) is 76.7 cm³/mol. The molecule has 0 radical (unpaired) electrons. The molecule has 21 heavy (non-hydrogen) atoms. The Balaban J connectivity index is 2.35. The van der Waals surface area contributed by atoms with E-state index >= 15 is 0 Å². The summed E-state index contributed by atoms with van der Waals surface area (Å²) >= 11 is 5.67.